The lowest BCUT2D eigenvalue weighted by molar-refractivity contribution is 0.459. The van der Waals surface area contributed by atoms with Crippen LogP contribution in [0, 0.1) is 6.92 Å². The number of nitrogens with one attached hydrogen (secondary N) is 1. The summed E-state index contributed by atoms with van der Waals surface area (Å²) in [6.45, 7) is 4.08. The van der Waals surface area contributed by atoms with Crippen LogP contribution in [0.5, 0.6) is 5.88 Å². The number of nitrogens with zero attached hydrogens (tertiary/aromatic N) is 2. The number of hydrogen-bond acceptors (Lipinski definition) is 3. The summed E-state index contributed by atoms with van der Waals surface area (Å²) in [5.74, 6) is 0.0495. The monoisotopic (exact) mass is 357 g/mol. The molecule has 22 heavy (non-hydrogen) atoms. The van der Waals surface area contributed by atoms with Gasteiger partial charge in [-0.1, -0.05) is 41.1 Å². The Labute approximate surface area is 137 Å². The third-order valence-electron chi connectivity index (χ3n) is 3.66. The van der Waals surface area contributed by atoms with Crippen molar-refractivity contribution in [1.82, 2.24) is 4.98 Å². The molecule has 2 aromatic carbocycles. The molecule has 0 spiro atoms. The molecule has 3 aromatic rings. The van der Waals surface area contributed by atoms with Crippen molar-refractivity contribution in [2.45, 2.75) is 20.3 Å². The highest BCUT2D eigenvalue weighted by Gasteiger charge is 2.12. The van der Waals surface area contributed by atoms with E-state index >= 15 is 0 Å². The molecule has 0 fully saturated rings. The fourth-order valence-corrected chi connectivity index (χ4v) is 2.69. The number of aromatic nitrogens is 1. The van der Waals surface area contributed by atoms with E-state index in [1.165, 1.54) is 0 Å². The number of rotatable bonds is 3. The predicted molar refractivity (Wildman–Crippen MR) is 92.4 cm³/mol. The van der Waals surface area contributed by atoms with E-state index < -0.39 is 0 Å². The summed E-state index contributed by atoms with van der Waals surface area (Å²) in [4.78, 5) is 3.00. The minimum absolute atomic E-state index is 0.0495. The molecule has 0 radical (unpaired) electrons. The van der Waals surface area contributed by atoms with Crippen LogP contribution in [0.4, 0.5) is 11.4 Å². The summed E-state index contributed by atoms with van der Waals surface area (Å²) < 4.78 is 1.04. The van der Waals surface area contributed by atoms with Crippen LogP contribution in [-0.4, -0.2) is 10.1 Å². The van der Waals surface area contributed by atoms with E-state index in [4.69, 9.17) is 0 Å². The Hall–Kier alpha value is -2.14. The molecule has 5 heteroatoms. The first-order chi connectivity index (χ1) is 10.6. The van der Waals surface area contributed by atoms with E-state index in [9.17, 15) is 5.11 Å². The Morgan fingerprint density at radius 1 is 1.18 bits per heavy atom. The van der Waals surface area contributed by atoms with Crippen molar-refractivity contribution in [3.8, 4) is 5.88 Å². The summed E-state index contributed by atoms with van der Waals surface area (Å²) in [5.41, 5.74) is 4.39. The molecule has 0 aliphatic rings. The van der Waals surface area contributed by atoms with E-state index in [-0.39, 0.29) is 5.88 Å². The smallest absolute Gasteiger partial charge is 0.218 e. The van der Waals surface area contributed by atoms with Crippen LogP contribution >= 0.6 is 15.9 Å². The van der Waals surface area contributed by atoms with Gasteiger partial charge in [0.1, 0.15) is 0 Å². The van der Waals surface area contributed by atoms with Crippen LogP contribution in [0.15, 0.2) is 51.1 Å². The number of aryl methyl sites for hydroxylation is 2. The van der Waals surface area contributed by atoms with Gasteiger partial charge in [0, 0.05) is 9.86 Å². The Kier molecular flexibility index (Phi) is 3.98. The molecule has 0 aliphatic heterocycles. The highest BCUT2D eigenvalue weighted by Crippen LogP contribution is 2.37. The molecule has 0 aliphatic carbocycles. The van der Waals surface area contributed by atoms with Crippen LogP contribution < -0.4 is 0 Å². The minimum atomic E-state index is 0.0495. The van der Waals surface area contributed by atoms with Crippen LogP contribution in [0.2, 0.25) is 0 Å². The van der Waals surface area contributed by atoms with Gasteiger partial charge in [0.05, 0.1) is 11.2 Å². The van der Waals surface area contributed by atoms with Crippen LogP contribution in [0.3, 0.4) is 0 Å². The molecule has 3 rings (SSSR count). The summed E-state index contributed by atoms with van der Waals surface area (Å²) in [5, 5.41) is 19.5. The maximum Gasteiger partial charge on any atom is 0.218 e. The largest absolute Gasteiger partial charge is 0.493 e. The lowest BCUT2D eigenvalue weighted by Crippen LogP contribution is -1.80. The van der Waals surface area contributed by atoms with Crippen molar-refractivity contribution in [2.75, 3.05) is 0 Å². The van der Waals surface area contributed by atoms with Crippen molar-refractivity contribution in [2.24, 2.45) is 10.2 Å². The second kappa shape index (κ2) is 5.93. The fourth-order valence-electron chi connectivity index (χ4n) is 2.44. The number of azo groups is 1. The first-order valence-electron chi connectivity index (χ1n) is 7.10. The van der Waals surface area contributed by atoms with Crippen LogP contribution in [0.1, 0.15) is 18.1 Å². The minimum Gasteiger partial charge on any atom is -0.493 e. The van der Waals surface area contributed by atoms with E-state index in [1.54, 1.807) is 0 Å². The molecule has 0 amide bonds. The molecule has 0 saturated carbocycles. The van der Waals surface area contributed by atoms with Gasteiger partial charge in [-0.25, -0.2) is 0 Å². The van der Waals surface area contributed by atoms with Crippen molar-refractivity contribution < 1.29 is 5.11 Å². The lowest BCUT2D eigenvalue weighted by Gasteiger charge is -1.99. The summed E-state index contributed by atoms with van der Waals surface area (Å²) >= 11 is 3.46. The van der Waals surface area contributed by atoms with Crippen LogP contribution in [0.25, 0.3) is 10.9 Å². The SMILES string of the molecule is CCc1cccc2c(N=Nc3ccc(Br)c(C)c3)c(O)[nH]c12. The normalized spacial score (nSPS) is 11.6. The molecule has 4 nitrogen and oxygen atoms in total. The second-order valence-electron chi connectivity index (χ2n) is 5.15. The predicted octanol–water partition coefficient (Wildman–Crippen LogP) is 5.92. The molecule has 0 atom stereocenters. The van der Waals surface area contributed by atoms with Crippen molar-refractivity contribution in [3.05, 3.63) is 52.0 Å². The van der Waals surface area contributed by atoms with E-state index in [2.05, 4.69) is 38.1 Å². The zero-order chi connectivity index (χ0) is 15.7. The quantitative estimate of drug-likeness (QED) is 0.561. The van der Waals surface area contributed by atoms with Gasteiger partial charge in [-0.3, -0.25) is 0 Å². The van der Waals surface area contributed by atoms with Gasteiger partial charge in [0.2, 0.25) is 5.88 Å². The molecule has 0 bridgehead atoms. The average molecular weight is 358 g/mol. The molecular weight excluding hydrogens is 342 g/mol. The van der Waals surface area contributed by atoms with Crippen LogP contribution in [-0.2, 0) is 6.42 Å². The standard InChI is InChI=1S/C17H16BrN3O/c1-3-11-5-4-6-13-15(11)19-17(22)16(13)21-20-12-7-8-14(18)10(2)9-12/h4-9,19,22H,3H2,1-2H3. The van der Waals surface area contributed by atoms with Gasteiger partial charge < -0.3 is 10.1 Å². The first kappa shape index (κ1) is 14.8. The number of halogens is 1. The van der Waals surface area contributed by atoms with E-state index in [0.717, 1.165) is 38.6 Å². The molecule has 112 valence electrons. The maximum absolute atomic E-state index is 10.1. The van der Waals surface area contributed by atoms with Crippen molar-refractivity contribution in [3.63, 3.8) is 0 Å². The summed E-state index contributed by atoms with van der Waals surface area (Å²) in [6.07, 6.45) is 0.889. The number of fused-ring (bicyclic) bond motifs is 1. The van der Waals surface area contributed by atoms with E-state index in [0.29, 0.717) is 5.69 Å². The topological polar surface area (TPSA) is 60.7 Å². The zero-order valence-corrected chi connectivity index (χ0v) is 14.0. The Bertz CT molecular complexity index is 868. The first-order valence-corrected chi connectivity index (χ1v) is 7.90. The number of H-pyrrole nitrogens is 1. The van der Waals surface area contributed by atoms with Gasteiger partial charge in [-0.05, 0) is 42.7 Å². The summed E-state index contributed by atoms with van der Waals surface area (Å²) in [6, 6.07) is 11.7. The van der Waals surface area contributed by atoms with Gasteiger partial charge in [-0.2, -0.15) is 5.11 Å². The highest BCUT2D eigenvalue weighted by molar-refractivity contribution is 9.10. The maximum atomic E-state index is 10.1. The van der Waals surface area contributed by atoms with Gasteiger partial charge in [0.15, 0.2) is 5.69 Å². The number of aromatic hydroxyl groups is 1. The second-order valence-corrected chi connectivity index (χ2v) is 6.00. The number of para-hydroxylation sites is 1. The Morgan fingerprint density at radius 3 is 2.73 bits per heavy atom. The third kappa shape index (κ3) is 2.64. The average Bonchev–Trinajstić information content (AvgIpc) is 2.84. The van der Waals surface area contributed by atoms with Gasteiger partial charge >= 0.3 is 0 Å². The highest BCUT2D eigenvalue weighted by atomic mass is 79.9. The lowest BCUT2D eigenvalue weighted by atomic mass is 10.1. The number of hydrogen-bond donors (Lipinski definition) is 2. The number of aromatic amines is 1. The Morgan fingerprint density at radius 2 is 2.00 bits per heavy atom. The van der Waals surface area contributed by atoms with E-state index in [1.807, 2.05) is 43.3 Å². The van der Waals surface area contributed by atoms with Gasteiger partial charge in [0.25, 0.3) is 0 Å². The molecule has 0 saturated heterocycles. The van der Waals surface area contributed by atoms with Crippen molar-refractivity contribution >= 4 is 38.2 Å². The fraction of sp³-hybridized carbons (Fsp3) is 0.176. The van der Waals surface area contributed by atoms with Gasteiger partial charge in [-0.15, -0.1) is 5.11 Å². The molecule has 1 heterocycles. The Balaban J connectivity index is 2.05. The molecule has 1 aromatic heterocycles. The van der Waals surface area contributed by atoms with Crippen molar-refractivity contribution in [1.29, 1.82) is 0 Å². The summed E-state index contributed by atoms with van der Waals surface area (Å²) in [7, 11) is 0. The molecular formula is C17H16BrN3O. The molecule has 2 N–H and O–H groups in total. The molecule has 0 unspecified atom stereocenters. The zero-order valence-electron chi connectivity index (χ0n) is 12.4. The number of benzene rings is 2. The third-order valence-corrected chi connectivity index (χ3v) is 4.55.